The van der Waals surface area contributed by atoms with Gasteiger partial charge >= 0.3 is 0 Å². The number of benzene rings is 5. The Hall–Kier alpha value is -3.52. The zero-order valence-corrected chi connectivity index (χ0v) is 14.0. The Balaban J connectivity index is 2.11. The van der Waals surface area contributed by atoms with Crippen molar-refractivity contribution in [2.24, 2.45) is 0 Å². The fourth-order valence-corrected chi connectivity index (χ4v) is 3.87. The minimum absolute atomic E-state index is 0.244. The van der Waals surface area contributed by atoms with Crippen molar-refractivity contribution in [2.75, 3.05) is 0 Å². The third kappa shape index (κ3) is 1.99. The average molecular weight is 336 g/mol. The first kappa shape index (κ1) is 14.8. The zero-order chi connectivity index (χ0) is 17.7. The molecule has 0 fully saturated rings. The number of fused-ring (bicyclic) bond motifs is 4. The first-order valence-corrected chi connectivity index (χ1v) is 8.59. The molecular formula is C24H16O2. The second-order valence-electron chi connectivity index (χ2n) is 6.50. The van der Waals surface area contributed by atoms with Gasteiger partial charge in [-0.25, -0.2) is 0 Å². The Morgan fingerprint density at radius 3 is 1.88 bits per heavy atom. The van der Waals surface area contributed by atoms with Gasteiger partial charge in [0.15, 0.2) is 0 Å². The summed E-state index contributed by atoms with van der Waals surface area (Å²) >= 11 is 0. The lowest BCUT2D eigenvalue weighted by Gasteiger charge is -2.16. The van der Waals surface area contributed by atoms with Gasteiger partial charge in [-0.05, 0) is 27.8 Å². The maximum Gasteiger partial charge on any atom is 0.131 e. The lowest BCUT2D eigenvalue weighted by Crippen LogP contribution is -1.88. The van der Waals surface area contributed by atoms with Gasteiger partial charge in [0.25, 0.3) is 0 Å². The van der Waals surface area contributed by atoms with Crippen molar-refractivity contribution in [1.29, 1.82) is 0 Å². The number of phenols is 2. The highest BCUT2D eigenvalue weighted by molar-refractivity contribution is 6.23. The highest BCUT2D eigenvalue weighted by Gasteiger charge is 2.18. The van der Waals surface area contributed by atoms with Crippen molar-refractivity contribution in [2.45, 2.75) is 0 Å². The van der Waals surface area contributed by atoms with Crippen LogP contribution < -0.4 is 0 Å². The summed E-state index contributed by atoms with van der Waals surface area (Å²) in [6, 6.07) is 27.3. The SMILES string of the molecule is Oc1c(-c2ccccc2)c2cc3ccccc3c(O)c2c2ccccc12. The minimum atomic E-state index is 0.244. The van der Waals surface area contributed by atoms with E-state index in [0.29, 0.717) is 0 Å². The van der Waals surface area contributed by atoms with Crippen molar-refractivity contribution in [3.8, 4) is 22.6 Å². The van der Waals surface area contributed by atoms with Crippen molar-refractivity contribution in [3.05, 3.63) is 84.9 Å². The molecule has 5 aromatic rings. The summed E-state index contributed by atoms with van der Waals surface area (Å²) in [5.74, 6) is 0.500. The molecule has 0 saturated carbocycles. The lowest BCUT2D eigenvalue weighted by atomic mass is 9.89. The fourth-order valence-electron chi connectivity index (χ4n) is 3.87. The summed E-state index contributed by atoms with van der Waals surface area (Å²) in [4.78, 5) is 0. The lowest BCUT2D eigenvalue weighted by molar-refractivity contribution is 0.483. The van der Waals surface area contributed by atoms with Crippen LogP contribution >= 0.6 is 0 Å². The Morgan fingerprint density at radius 2 is 1.12 bits per heavy atom. The average Bonchev–Trinajstić information content (AvgIpc) is 2.69. The summed E-state index contributed by atoms with van der Waals surface area (Å²) in [6.07, 6.45) is 0. The zero-order valence-electron chi connectivity index (χ0n) is 14.0. The molecule has 0 spiro atoms. The van der Waals surface area contributed by atoms with Crippen molar-refractivity contribution >= 4 is 32.3 Å². The summed E-state index contributed by atoms with van der Waals surface area (Å²) in [6.45, 7) is 0. The van der Waals surface area contributed by atoms with Crippen LogP contribution in [0.4, 0.5) is 0 Å². The molecule has 0 heterocycles. The van der Waals surface area contributed by atoms with E-state index in [1.807, 2.05) is 78.9 Å². The van der Waals surface area contributed by atoms with Crippen LogP contribution in [-0.2, 0) is 0 Å². The van der Waals surface area contributed by atoms with Gasteiger partial charge in [0.05, 0.1) is 0 Å². The molecule has 0 aliphatic rings. The van der Waals surface area contributed by atoms with E-state index in [4.69, 9.17) is 0 Å². The van der Waals surface area contributed by atoms with E-state index in [9.17, 15) is 10.2 Å². The van der Waals surface area contributed by atoms with Gasteiger partial charge in [-0.3, -0.25) is 0 Å². The quantitative estimate of drug-likeness (QED) is 0.281. The first-order chi connectivity index (χ1) is 12.8. The molecular weight excluding hydrogens is 320 g/mol. The Bertz CT molecular complexity index is 1290. The van der Waals surface area contributed by atoms with E-state index >= 15 is 0 Å². The Morgan fingerprint density at radius 1 is 0.500 bits per heavy atom. The molecule has 0 aromatic heterocycles. The van der Waals surface area contributed by atoms with Crippen LogP contribution in [0.2, 0.25) is 0 Å². The molecule has 2 N–H and O–H groups in total. The molecule has 0 unspecified atom stereocenters. The van der Waals surface area contributed by atoms with Crippen LogP contribution in [0.5, 0.6) is 11.5 Å². The summed E-state index contributed by atoms with van der Waals surface area (Å²) < 4.78 is 0. The summed E-state index contributed by atoms with van der Waals surface area (Å²) in [7, 11) is 0. The van der Waals surface area contributed by atoms with Gasteiger partial charge in [0.2, 0.25) is 0 Å². The molecule has 124 valence electrons. The van der Waals surface area contributed by atoms with E-state index < -0.39 is 0 Å². The topological polar surface area (TPSA) is 40.5 Å². The number of rotatable bonds is 1. The molecule has 0 atom stereocenters. The smallest absolute Gasteiger partial charge is 0.131 e. The molecule has 2 heteroatoms. The normalized spacial score (nSPS) is 11.4. The Labute approximate surface area is 150 Å². The number of aromatic hydroxyl groups is 2. The van der Waals surface area contributed by atoms with Crippen LogP contribution in [0.3, 0.4) is 0 Å². The third-order valence-corrected chi connectivity index (χ3v) is 5.04. The molecule has 0 bridgehead atoms. The molecule has 0 aliphatic heterocycles. The van der Waals surface area contributed by atoms with Crippen molar-refractivity contribution in [3.63, 3.8) is 0 Å². The van der Waals surface area contributed by atoms with Crippen LogP contribution in [-0.4, -0.2) is 10.2 Å². The maximum absolute atomic E-state index is 11.1. The molecule has 26 heavy (non-hydrogen) atoms. The second kappa shape index (κ2) is 5.50. The predicted molar refractivity (Wildman–Crippen MR) is 108 cm³/mol. The van der Waals surface area contributed by atoms with E-state index in [2.05, 4.69) is 6.07 Å². The van der Waals surface area contributed by atoms with Crippen molar-refractivity contribution < 1.29 is 10.2 Å². The molecule has 2 nitrogen and oxygen atoms in total. The predicted octanol–water partition coefficient (Wildman–Crippen LogP) is 6.22. The molecule has 0 amide bonds. The highest BCUT2D eigenvalue weighted by Crippen LogP contribution is 2.47. The summed E-state index contributed by atoms with van der Waals surface area (Å²) in [5.41, 5.74) is 1.68. The number of hydrogen-bond acceptors (Lipinski definition) is 2. The van der Waals surface area contributed by atoms with Gasteiger partial charge in [0, 0.05) is 21.7 Å². The standard InChI is InChI=1S/C24H16O2/c25-23-17-11-5-4-10-16(17)14-20-21(15-8-2-1-3-9-15)24(26)19-13-7-6-12-18(19)22(20)23/h1-14,25-26H. The number of hydrogen-bond donors (Lipinski definition) is 2. The maximum atomic E-state index is 11.1. The van der Waals surface area contributed by atoms with E-state index in [1.165, 1.54) is 0 Å². The molecule has 0 aliphatic carbocycles. The minimum Gasteiger partial charge on any atom is -0.507 e. The van der Waals surface area contributed by atoms with Gasteiger partial charge in [0.1, 0.15) is 11.5 Å². The van der Waals surface area contributed by atoms with E-state index in [0.717, 1.165) is 43.4 Å². The van der Waals surface area contributed by atoms with Crippen LogP contribution in [0.1, 0.15) is 0 Å². The van der Waals surface area contributed by atoms with Gasteiger partial charge in [-0.15, -0.1) is 0 Å². The fraction of sp³-hybridized carbons (Fsp3) is 0. The molecule has 5 aromatic carbocycles. The first-order valence-electron chi connectivity index (χ1n) is 8.59. The summed E-state index contributed by atoms with van der Waals surface area (Å²) in [5, 5.41) is 27.1. The van der Waals surface area contributed by atoms with E-state index in [1.54, 1.807) is 0 Å². The Kier molecular flexibility index (Phi) is 3.13. The molecule has 0 saturated heterocycles. The van der Waals surface area contributed by atoms with E-state index in [-0.39, 0.29) is 11.5 Å². The second-order valence-corrected chi connectivity index (χ2v) is 6.50. The number of phenolic OH excluding ortho intramolecular Hbond substituents is 2. The largest absolute Gasteiger partial charge is 0.507 e. The monoisotopic (exact) mass is 336 g/mol. The van der Waals surface area contributed by atoms with Crippen LogP contribution in [0, 0.1) is 0 Å². The molecule has 0 radical (unpaired) electrons. The van der Waals surface area contributed by atoms with Crippen LogP contribution in [0.25, 0.3) is 43.4 Å². The van der Waals surface area contributed by atoms with Gasteiger partial charge < -0.3 is 10.2 Å². The third-order valence-electron chi connectivity index (χ3n) is 5.04. The van der Waals surface area contributed by atoms with Gasteiger partial charge in [-0.1, -0.05) is 78.9 Å². The molecule has 5 rings (SSSR count). The highest BCUT2D eigenvalue weighted by atomic mass is 16.3. The van der Waals surface area contributed by atoms with Crippen LogP contribution in [0.15, 0.2) is 84.9 Å². The van der Waals surface area contributed by atoms with Crippen molar-refractivity contribution in [1.82, 2.24) is 0 Å². The van der Waals surface area contributed by atoms with Gasteiger partial charge in [-0.2, -0.15) is 0 Å².